The average molecular weight is 334 g/mol. The van der Waals surface area contributed by atoms with Crippen molar-refractivity contribution < 1.29 is 19.0 Å². The fourth-order valence-corrected chi connectivity index (χ4v) is 2.97. The highest BCUT2D eigenvalue weighted by Crippen LogP contribution is 2.21. The summed E-state index contributed by atoms with van der Waals surface area (Å²) >= 11 is 0. The SMILES string of the molecule is CC(C)[C@@H](CCOC(=O)c1ccccc1)CCOC1CCCCO1. The van der Waals surface area contributed by atoms with Crippen LogP contribution < -0.4 is 0 Å². The fraction of sp³-hybridized carbons (Fsp3) is 0.650. The van der Waals surface area contributed by atoms with Crippen LogP contribution in [0.25, 0.3) is 0 Å². The van der Waals surface area contributed by atoms with E-state index in [2.05, 4.69) is 13.8 Å². The van der Waals surface area contributed by atoms with Crippen LogP contribution in [0.1, 0.15) is 56.3 Å². The normalized spacial score (nSPS) is 19.2. The molecule has 4 nitrogen and oxygen atoms in total. The van der Waals surface area contributed by atoms with Crippen molar-refractivity contribution >= 4 is 5.97 Å². The molecule has 1 aliphatic rings. The van der Waals surface area contributed by atoms with Crippen LogP contribution in [-0.4, -0.2) is 32.1 Å². The molecule has 0 N–H and O–H groups in total. The second-order valence-corrected chi connectivity index (χ2v) is 6.75. The van der Waals surface area contributed by atoms with Crippen molar-refractivity contribution in [1.29, 1.82) is 0 Å². The number of benzene rings is 1. The van der Waals surface area contributed by atoms with E-state index < -0.39 is 0 Å². The van der Waals surface area contributed by atoms with E-state index in [0.29, 0.717) is 30.6 Å². The number of ether oxygens (including phenoxy) is 3. The smallest absolute Gasteiger partial charge is 0.338 e. The van der Waals surface area contributed by atoms with Crippen molar-refractivity contribution in [3.05, 3.63) is 35.9 Å². The van der Waals surface area contributed by atoms with Gasteiger partial charge >= 0.3 is 5.97 Å². The largest absolute Gasteiger partial charge is 0.462 e. The zero-order valence-electron chi connectivity index (χ0n) is 14.9. The van der Waals surface area contributed by atoms with Crippen molar-refractivity contribution in [2.75, 3.05) is 19.8 Å². The lowest BCUT2D eigenvalue weighted by Gasteiger charge is -2.25. The monoisotopic (exact) mass is 334 g/mol. The standard InChI is InChI=1S/C20H30O4/c1-16(2)17(11-14-23-19-10-6-7-13-22-19)12-15-24-20(21)18-8-4-3-5-9-18/h3-5,8-9,16-17,19H,6-7,10-15H2,1-2H3/t17-,19?/m1/s1. The predicted molar refractivity (Wildman–Crippen MR) is 93.8 cm³/mol. The first-order chi connectivity index (χ1) is 11.7. The summed E-state index contributed by atoms with van der Waals surface area (Å²) in [6.07, 6.45) is 5.14. The summed E-state index contributed by atoms with van der Waals surface area (Å²) in [4.78, 5) is 12.0. The quantitative estimate of drug-likeness (QED) is 0.626. The minimum absolute atomic E-state index is 0.0255. The summed E-state index contributed by atoms with van der Waals surface area (Å²) in [5.74, 6) is 0.776. The van der Waals surface area contributed by atoms with Gasteiger partial charge in [-0.05, 0) is 56.1 Å². The summed E-state index contributed by atoms with van der Waals surface area (Å²) in [6, 6.07) is 9.14. The molecular formula is C20H30O4. The second-order valence-electron chi connectivity index (χ2n) is 6.75. The first-order valence-electron chi connectivity index (χ1n) is 9.12. The van der Waals surface area contributed by atoms with Crippen LogP contribution in [0.2, 0.25) is 0 Å². The molecule has 2 rings (SSSR count). The summed E-state index contributed by atoms with van der Waals surface area (Å²) in [7, 11) is 0. The van der Waals surface area contributed by atoms with Gasteiger partial charge in [0.05, 0.1) is 18.8 Å². The third-order valence-electron chi connectivity index (χ3n) is 4.60. The van der Waals surface area contributed by atoms with Gasteiger partial charge < -0.3 is 14.2 Å². The average Bonchev–Trinajstić information content (AvgIpc) is 2.61. The van der Waals surface area contributed by atoms with Crippen molar-refractivity contribution in [2.24, 2.45) is 11.8 Å². The molecule has 1 aromatic carbocycles. The van der Waals surface area contributed by atoms with E-state index in [1.54, 1.807) is 12.1 Å². The third-order valence-corrected chi connectivity index (χ3v) is 4.60. The number of carbonyl (C=O) groups is 1. The molecule has 0 saturated carbocycles. The molecule has 0 bridgehead atoms. The highest BCUT2D eigenvalue weighted by Gasteiger charge is 2.18. The van der Waals surface area contributed by atoms with Gasteiger partial charge in [-0.15, -0.1) is 0 Å². The molecule has 1 heterocycles. The Bertz CT molecular complexity index is 466. The van der Waals surface area contributed by atoms with Gasteiger partial charge in [0, 0.05) is 6.61 Å². The van der Waals surface area contributed by atoms with E-state index in [4.69, 9.17) is 14.2 Å². The van der Waals surface area contributed by atoms with Crippen LogP contribution in [0.5, 0.6) is 0 Å². The molecule has 0 radical (unpaired) electrons. The molecule has 0 aliphatic carbocycles. The highest BCUT2D eigenvalue weighted by molar-refractivity contribution is 5.89. The Hall–Kier alpha value is -1.39. The Morgan fingerprint density at radius 2 is 1.92 bits per heavy atom. The van der Waals surface area contributed by atoms with E-state index in [9.17, 15) is 4.79 Å². The molecule has 0 spiro atoms. The Morgan fingerprint density at radius 3 is 2.58 bits per heavy atom. The van der Waals surface area contributed by atoms with E-state index >= 15 is 0 Å². The second kappa shape index (κ2) is 10.5. The van der Waals surface area contributed by atoms with E-state index in [1.807, 2.05) is 18.2 Å². The van der Waals surface area contributed by atoms with Crippen LogP contribution >= 0.6 is 0 Å². The van der Waals surface area contributed by atoms with Gasteiger partial charge in [-0.25, -0.2) is 4.79 Å². The third kappa shape index (κ3) is 6.62. The van der Waals surface area contributed by atoms with Crippen molar-refractivity contribution in [3.8, 4) is 0 Å². The number of esters is 1. The van der Waals surface area contributed by atoms with E-state index in [1.165, 1.54) is 6.42 Å². The van der Waals surface area contributed by atoms with E-state index in [0.717, 1.165) is 32.3 Å². The molecule has 134 valence electrons. The van der Waals surface area contributed by atoms with Gasteiger partial charge in [0.2, 0.25) is 0 Å². The lowest BCUT2D eigenvalue weighted by Crippen LogP contribution is -2.24. The number of hydrogen-bond donors (Lipinski definition) is 0. The fourth-order valence-electron chi connectivity index (χ4n) is 2.97. The zero-order chi connectivity index (χ0) is 17.2. The summed E-state index contributed by atoms with van der Waals surface area (Å²) in [5.41, 5.74) is 0.608. The van der Waals surface area contributed by atoms with Crippen LogP contribution in [0.3, 0.4) is 0 Å². The lowest BCUT2D eigenvalue weighted by atomic mass is 9.90. The van der Waals surface area contributed by atoms with Gasteiger partial charge in [0.1, 0.15) is 0 Å². The molecule has 4 heteroatoms. The molecule has 1 unspecified atom stereocenters. The Labute approximate surface area is 145 Å². The molecule has 2 atom stereocenters. The van der Waals surface area contributed by atoms with Crippen molar-refractivity contribution in [3.63, 3.8) is 0 Å². The Kier molecular flexibility index (Phi) is 8.26. The molecule has 1 aromatic rings. The van der Waals surface area contributed by atoms with Crippen LogP contribution in [0.15, 0.2) is 30.3 Å². The van der Waals surface area contributed by atoms with Crippen LogP contribution in [-0.2, 0) is 14.2 Å². The maximum Gasteiger partial charge on any atom is 0.338 e. The topological polar surface area (TPSA) is 44.8 Å². The molecule has 24 heavy (non-hydrogen) atoms. The zero-order valence-corrected chi connectivity index (χ0v) is 14.9. The van der Waals surface area contributed by atoms with Crippen molar-refractivity contribution in [1.82, 2.24) is 0 Å². The van der Waals surface area contributed by atoms with E-state index in [-0.39, 0.29) is 12.3 Å². The summed E-state index contributed by atoms with van der Waals surface area (Å²) in [6.45, 7) is 6.39. The van der Waals surface area contributed by atoms with Gasteiger partial charge in [0.25, 0.3) is 0 Å². The van der Waals surface area contributed by atoms with Gasteiger partial charge in [-0.3, -0.25) is 0 Å². The molecule has 1 fully saturated rings. The first-order valence-corrected chi connectivity index (χ1v) is 9.12. The Balaban J connectivity index is 1.66. The highest BCUT2D eigenvalue weighted by atomic mass is 16.7. The van der Waals surface area contributed by atoms with Gasteiger partial charge in [-0.2, -0.15) is 0 Å². The number of rotatable bonds is 9. The predicted octanol–water partition coefficient (Wildman–Crippen LogP) is 4.44. The maximum absolute atomic E-state index is 12.0. The summed E-state index contributed by atoms with van der Waals surface area (Å²) < 4.78 is 16.8. The lowest BCUT2D eigenvalue weighted by molar-refractivity contribution is -0.164. The van der Waals surface area contributed by atoms with Crippen LogP contribution in [0, 0.1) is 11.8 Å². The minimum atomic E-state index is -0.245. The molecule has 0 aromatic heterocycles. The number of hydrogen-bond acceptors (Lipinski definition) is 4. The first kappa shape index (κ1) is 18.9. The maximum atomic E-state index is 12.0. The van der Waals surface area contributed by atoms with Gasteiger partial charge in [0.15, 0.2) is 6.29 Å². The Morgan fingerprint density at radius 1 is 1.17 bits per heavy atom. The summed E-state index contributed by atoms with van der Waals surface area (Å²) in [5, 5.41) is 0. The van der Waals surface area contributed by atoms with Crippen LogP contribution in [0.4, 0.5) is 0 Å². The number of carbonyl (C=O) groups excluding carboxylic acids is 1. The molecular weight excluding hydrogens is 304 g/mol. The van der Waals surface area contributed by atoms with Crippen molar-refractivity contribution in [2.45, 2.75) is 52.2 Å². The molecule has 0 amide bonds. The minimum Gasteiger partial charge on any atom is -0.462 e. The molecule has 1 aliphatic heterocycles. The molecule has 1 saturated heterocycles. The van der Waals surface area contributed by atoms with Gasteiger partial charge in [-0.1, -0.05) is 32.0 Å².